The van der Waals surface area contributed by atoms with Crippen LogP contribution in [-0.4, -0.2) is 66.1 Å². The Bertz CT molecular complexity index is 267. The van der Waals surface area contributed by atoms with E-state index < -0.39 is 23.5 Å². The standard InChI is InChI=1S/C7H6O5.Ca.3H2O/c8-6(9)4-2-1-3-5(12-4)7(10)11;;;;/h2-3H,1H2,(H,8,9)(H,10,11);;3*1H2/q;+2;;;/p-2. The zero-order valence-corrected chi connectivity index (χ0v) is 10.3. The van der Waals surface area contributed by atoms with Crippen molar-refractivity contribution < 1.29 is 41.0 Å². The molecule has 0 atom stereocenters. The molecule has 16 heavy (non-hydrogen) atoms. The number of carbonyl (C=O) groups is 2. The van der Waals surface area contributed by atoms with Gasteiger partial charge < -0.3 is 41.0 Å². The van der Waals surface area contributed by atoms with Crippen LogP contribution >= 0.6 is 0 Å². The van der Waals surface area contributed by atoms with Crippen molar-refractivity contribution in [2.75, 3.05) is 0 Å². The van der Waals surface area contributed by atoms with Gasteiger partial charge in [0.25, 0.3) is 0 Å². The van der Waals surface area contributed by atoms with Crippen molar-refractivity contribution in [2.24, 2.45) is 0 Å². The summed E-state index contributed by atoms with van der Waals surface area (Å²) in [7, 11) is 0. The van der Waals surface area contributed by atoms with Gasteiger partial charge in [0, 0.05) is 0 Å². The number of hydrogen-bond donors (Lipinski definition) is 0. The SMILES string of the molecule is O.O.O.O=C([O-])C1=CCC=C(C(=O)[O-])O1.[Ca+2]. The molecule has 0 saturated heterocycles. The number of carboxylic acids is 2. The van der Waals surface area contributed by atoms with Gasteiger partial charge >= 0.3 is 37.7 Å². The van der Waals surface area contributed by atoms with Crippen LogP contribution in [0.5, 0.6) is 0 Å². The Kier molecular flexibility index (Phi) is 16.7. The van der Waals surface area contributed by atoms with E-state index in [-0.39, 0.29) is 60.6 Å². The molecule has 1 aliphatic rings. The number of aliphatic carboxylic acids is 2. The molecule has 88 valence electrons. The van der Waals surface area contributed by atoms with Crippen LogP contribution in [-0.2, 0) is 14.3 Å². The van der Waals surface area contributed by atoms with Crippen LogP contribution in [0.15, 0.2) is 23.7 Å². The molecule has 0 amide bonds. The molecule has 9 heteroatoms. The molecule has 0 unspecified atom stereocenters. The van der Waals surface area contributed by atoms with Crippen molar-refractivity contribution in [2.45, 2.75) is 6.42 Å². The van der Waals surface area contributed by atoms with Crippen LogP contribution in [0, 0.1) is 0 Å². The Balaban J connectivity index is -0.000000180. The third kappa shape index (κ3) is 6.77. The molecule has 0 saturated carbocycles. The van der Waals surface area contributed by atoms with Crippen molar-refractivity contribution in [3.8, 4) is 0 Å². The monoisotopic (exact) mass is 262 g/mol. The van der Waals surface area contributed by atoms with Crippen LogP contribution in [0.2, 0.25) is 0 Å². The minimum absolute atomic E-state index is 0. The largest absolute Gasteiger partial charge is 2.00 e. The fourth-order valence-electron chi connectivity index (χ4n) is 0.725. The van der Waals surface area contributed by atoms with Gasteiger partial charge in [-0.3, -0.25) is 0 Å². The van der Waals surface area contributed by atoms with Gasteiger partial charge in [-0.2, -0.15) is 0 Å². The number of ether oxygens (including phenoxy) is 1. The van der Waals surface area contributed by atoms with Crippen molar-refractivity contribution in [1.82, 2.24) is 0 Å². The molecule has 1 heterocycles. The maximum absolute atomic E-state index is 10.2. The van der Waals surface area contributed by atoms with Crippen LogP contribution in [0.25, 0.3) is 0 Å². The molecule has 0 spiro atoms. The minimum atomic E-state index is -1.54. The van der Waals surface area contributed by atoms with E-state index in [1.807, 2.05) is 0 Å². The molecule has 0 bridgehead atoms. The first-order valence-electron chi connectivity index (χ1n) is 3.12. The smallest absolute Gasteiger partial charge is 0.542 e. The van der Waals surface area contributed by atoms with Crippen molar-refractivity contribution in [3.63, 3.8) is 0 Å². The van der Waals surface area contributed by atoms with Gasteiger partial charge in [-0.25, -0.2) is 0 Å². The molecule has 0 fully saturated rings. The fraction of sp³-hybridized carbons (Fsp3) is 0.143. The van der Waals surface area contributed by atoms with Gasteiger partial charge in [-0.1, -0.05) is 0 Å². The van der Waals surface area contributed by atoms with Gasteiger partial charge in [-0.15, -0.1) is 0 Å². The number of allylic oxidation sites excluding steroid dienone is 2. The Hall–Kier alpha value is -0.640. The Morgan fingerprint density at radius 2 is 1.31 bits per heavy atom. The second-order valence-electron chi connectivity index (χ2n) is 2.05. The average Bonchev–Trinajstić information content (AvgIpc) is 2.04. The third-order valence-corrected chi connectivity index (χ3v) is 1.23. The molecule has 1 rings (SSSR count). The molecular weight excluding hydrogens is 252 g/mol. The van der Waals surface area contributed by atoms with E-state index in [1.165, 1.54) is 12.2 Å². The normalized spacial score (nSPS) is 11.8. The predicted octanol–water partition coefficient (Wildman–Crippen LogP) is -5.18. The molecule has 0 aromatic rings. The molecular formula is C7H10CaO8. The Morgan fingerprint density at radius 3 is 1.56 bits per heavy atom. The second-order valence-corrected chi connectivity index (χ2v) is 2.05. The van der Waals surface area contributed by atoms with Crippen LogP contribution in [0.1, 0.15) is 6.42 Å². The summed E-state index contributed by atoms with van der Waals surface area (Å²) in [6.45, 7) is 0. The van der Waals surface area contributed by atoms with E-state index in [1.54, 1.807) is 0 Å². The molecule has 0 aliphatic carbocycles. The first-order chi connectivity index (χ1) is 5.61. The summed E-state index contributed by atoms with van der Waals surface area (Å²) < 4.78 is 4.41. The van der Waals surface area contributed by atoms with E-state index in [9.17, 15) is 19.8 Å². The van der Waals surface area contributed by atoms with Gasteiger partial charge in [-0.05, 0) is 18.6 Å². The third-order valence-electron chi connectivity index (χ3n) is 1.23. The molecule has 1 aliphatic heterocycles. The average molecular weight is 262 g/mol. The van der Waals surface area contributed by atoms with Crippen molar-refractivity contribution in [1.29, 1.82) is 0 Å². The molecule has 6 N–H and O–H groups in total. The second kappa shape index (κ2) is 10.9. The van der Waals surface area contributed by atoms with Gasteiger partial charge in [0.1, 0.15) is 23.5 Å². The van der Waals surface area contributed by atoms with Crippen LogP contribution < -0.4 is 10.2 Å². The zero-order chi connectivity index (χ0) is 9.14. The van der Waals surface area contributed by atoms with E-state index in [2.05, 4.69) is 4.74 Å². The summed E-state index contributed by atoms with van der Waals surface area (Å²) in [5, 5.41) is 20.4. The Labute approximate surface area is 120 Å². The fourth-order valence-corrected chi connectivity index (χ4v) is 0.725. The molecule has 0 aromatic carbocycles. The maximum Gasteiger partial charge on any atom is 2.00 e. The van der Waals surface area contributed by atoms with E-state index in [0.29, 0.717) is 0 Å². The number of hydrogen-bond acceptors (Lipinski definition) is 5. The summed E-state index contributed by atoms with van der Waals surface area (Å²) in [6, 6.07) is 0. The maximum atomic E-state index is 10.2. The summed E-state index contributed by atoms with van der Waals surface area (Å²) in [5.41, 5.74) is 0. The topological polar surface area (TPSA) is 184 Å². The first kappa shape index (κ1) is 24.5. The Morgan fingerprint density at radius 1 is 1.00 bits per heavy atom. The van der Waals surface area contributed by atoms with Crippen molar-refractivity contribution >= 4 is 49.7 Å². The number of carbonyl (C=O) groups excluding carboxylic acids is 2. The van der Waals surface area contributed by atoms with Crippen LogP contribution in [0.4, 0.5) is 0 Å². The van der Waals surface area contributed by atoms with Crippen molar-refractivity contribution in [3.05, 3.63) is 23.7 Å². The molecule has 8 nitrogen and oxygen atoms in total. The summed E-state index contributed by atoms with van der Waals surface area (Å²) in [6.07, 6.45) is 2.61. The number of carboxylic acid groups (broad SMARTS) is 2. The van der Waals surface area contributed by atoms with E-state index >= 15 is 0 Å². The van der Waals surface area contributed by atoms with E-state index in [4.69, 9.17) is 0 Å². The van der Waals surface area contributed by atoms with Crippen LogP contribution in [0.3, 0.4) is 0 Å². The first-order valence-corrected chi connectivity index (χ1v) is 3.12. The molecule has 0 radical (unpaired) electrons. The van der Waals surface area contributed by atoms with E-state index in [0.717, 1.165) is 0 Å². The minimum Gasteiger partial charge on any atom is -0.542 e. The van der Waals surface area contributed by atoms with Gasteiger partial charge in [0.05, 0.1) is 0 Å². The predicted molar refractivity (Wildman–Crippen MR) is 48.5 cm³/mol. The quantitative estimate of drug-likeness (QED) is 0.449. The molecule has 0 aromatic heterocycles. The van der Waals surface area contributed by atoms with Gasteiger partial charge in [0.2, 0.25) is 0 Å². The number of rotatable bonds is 2. The summed E-state index contributed by atoms with van der Waals surface area (Å²) in [4.78, 5) is 20.4. The summed E-state index contributed by atoms with van der Waals surface area (Å²) in [5.74, 6) is -4.06. The van der Waals surface area contributed by atoms with Gasteiger partial charge in [0.15, 0.2) is 0 Å². The zero-order valence-electron chi connectivity index (χ0n) is 8.11. The summed E-state index contributed by atoms with van der Waals surface area (Å²) >= 11 is 0.